The first-order chi connectivity index (χ1) is 4.83. The molecule has 11 heavy (non-hydrogen) atoms. The predicted octanol–water partition coefficient (Wildman–Crippen LogP) is 1.56. The lowest BCUT2D eigenvalue weighted by molar-refractivity contribution is -0.120. The molecular formula is C8H10O3. The van der Waals surface area contributed by atoms with Crippen molar-refractivity contribution in [3.8, 4) is 11.5 Å². The largest absolute Gasteiger partial charge is 0.508 e. The summed E-state index contributed by atoms with van der Waals surface area (Å²) in [5.41, 5.74) is 0. The van der Waals surface area contributed by atoms with E-state index in [1.807, 2.05) is 0 Å². The first-order valence-corrected chi connectivity index (χ1v) is 2.72. The van der Waals surface area contributed by atoms with Crippen LogP contribution in [-0.4, -0.2) is 11.6 Å². The molecule has 0 aromatic heterocycles. The SMILES string of the molecule is C.O=COc1ccc(O)cc1. The van der Waals surface area contributed by atoms with E-state index in [0.717, 1.165) is 0 Å². The number of hydrogen-bond acceptors (Lipinski definition) is 3. The quantitative estimate of drug-likeness (QED) is 0.657. The van der Waals surface area contributed by atoms with Gasteiger partial charge in [-0.2, -0.15) is 0 Å². The van der Waals surface area contributed by atoms with Gasteiger partial charge in [-0.25, -0.2) is 0 Å². The molecule has 1 rings (SSSR count). The van der Waals surface area contributed by atoms with Crippen LogP contribution < -0.4 is 4.74 Å². The minimum absolute atomic E-state index is 0. The highest BCUT2D eigenvalue weighted by Gasteiger charge is 1.90. The lowest BCUT2D eigenvalue weighted by Crippen LogP contribution is -1.86. The van der Waals surface area contributed by atoms with E-state index in [-0.39, 0.29) is 13.2 Å². The Morgan fingerprint density at radius 3 is 2.27 bits per heavy atom. The van der Waals surface area contributed by atoms with Gasteiger partial charge in [0.2, 0.25) is 0 Å². The molecule has 0 unspecified atom stereocenters. The van der Waals surface area contributed by atoms with Crippen LogP contribution in [-0.2, 0) is 4.79 Å². The summed E-state index contributed by atoms with van der Waals surface area (Å²) in [7, 11) is 0. The van der Waals surface area contributed by atoms with Crippen molar-refractivity contribution in [3.05, 3.63) is 24.3 Å². The topological polar surface area (TPSA) is 46.5 Å². The molecule has 0 atom stereocenters. The van der Waals surface area contributed by atoms with Gasteiger partial charge < -0.3 is 9.84 Å². The van der Waals surface area contributed by atoms with Crippen molar-refractivity contribution in [1.82, 2.24) is 0 Å². The fourth-order valence-corrected chi connectivity index (χ4v) is 0.580. The Hall–Kier alpha value is -1.51. The minimum atomic E-state index is 0. The molecule has 0 fully saturated rings. The third-order valence-electron chi connectivity index (χ3n) is 1.02. The average Bonchev–Trinajstić information content (AvgIpc) is 1.95. The van der Waals surface area contributed by atoms with Crippen molar-refractivity contribution in [2.24, 2.45) is 0 Å². The zero-order valence-corrected chi connectivity index (χ0v) is 5.15. The minimum Gasteiger partial charge on any atom is -0.508 e. The van der Waals surface area contributed by atoms with Crippen molar-refractivity contribution >= 4 is 6.47 Å². The molecule has 0 aliphatic carbocycles. The van der Waals surface area contributed by atoms with E-state index in [1.54, 1.807) is 0 Å². The molecule has 3 nitrogen and oxygen atoms in total. The van der Waals surface area contributed by atoms with E-state index in [1.165, 1.54) is 24.3 Å². The lowest BCUT2D eigenvalue weighted by atomic mass is 10.3. The maximum absolute atomic E-state index is 9.77. The Bertz CT molecular complexity index is 215. The fourth-order valence-electron chi connectivity index (χ4n) is 0.580. The highest BCUT2D eigenvalue weighted by atomic mass is 16.5. The van der Waals surface area contributed by atoms with Crippen LogP contribution in [0.3, 0.4) is 0 Å². The smallest absolute Gasteiger partial charge is 0.298 e. The maximum Gasteiger partial charge on any atom is 0.298 e. The summed E-state index contributed by atoms with van der Waals surface area (Å²) in [5, 5.41) is 8.78. The zero-order valence-electron chi connectivity index (χ0n) is 5.15. The van der Waals surface area contributed by atoms with E-state index in [9.17, 15) is 4.79 Å². The fraction of sp³-hybridized carbons (Fsp3) is 0.125. The Balaban J connectivity index is 0.000001000. The molecule has 3 heteroatoms. The maximum atomic E-state index is 9.77. The summed E-state index contributed by atoms with van der Waals surface area (Å²) in [4.78, 5) is 9.77. The molecule has 1 aromatic carbocycles. The van der Waals surface area contributed by atoms with Gasteiger partial charge in [0.25, 0.3) is 6.47 Å². The summed E-state index contributed by atoms with van der Waals surface area (Å²) in [6, 6.07) is 5.89. The number of phenolic OH excluding ortho intramolecular Hbond substituents is 1. The first-order valence-electron chi connectivity index (χ1n) is 2.72. The van der Waals surface area contributed by atoms with E-state index < -0.39 is 0 Å². The molecule has 0 aliphatic rings. The highest BCUT2D eigenvalue weighted by molar-refractivity contribution is 5.45. The van der Waals surface area contributed by atoms with Crippen LogP contribution in [0.15, 0.2) is 24.3 Å². The van der Waals surface area contributed by atoms with Crippen molar-refractivity contribution in [2.75, 3.05) is 0 Å². The van der Waals surface area contributed by atoms with Crippen LogP contribution >= 0.6 is 0 Å². The van der Waals surface area contributed by atoms with Crippen molar-refractivity contribution in [2.45, 2.75) is 7.43 Å². The van der Waals surface area contributed by atoms with Crippen molar-refractivity contribution in [1.29, 1.82) is 0 Å². The van der Waals surface area contributed by atoms with Crippen LogP contribution in [0, 0.1) is 0 Å². The van der Waals surface area contributed by atoms with Gasteiger partial charge in [0.1, 0.15) is 11.5 Å². The van der Waals surface area contributed by atoms with Gasteiger partial charge in [-0.15, -0.1) is 0 Å². The van der Waals surface area contributed by atoms with Crippen LogP contribution in [0.1, 0.15) is 7.43 Å². The van der Waals surface area contributed by atoms with Crippen LogP contribution in [0.4, 0.5) is 0 Å². The third kappa shape index (κ3) is 2.71. The van der Waals surface area contributed by atoms with Crippen LogP contribution in [0.5, 0.6) is 11.5 Å². The normalized spacial score (nSPS) is 8.00. The van der Waals surface area contributed by atoms with Gasteiger partial charge in [0.05, 0.1) is 0 Å². The summed E-state index contributed by atoms with van der Waals surface area (Å²) >= 11 is 0. The van der Waals surface area contributed by atoms with E-state index in [0.29, 0.717) is 12.2 Å². The van der Waals surface area contributed by atoms with Gasteiger partial charge in [0.15, 0.2) is 0 Å². The van der Waals surface area contributed by atoms with Gasteiger partial charge in [-0.05, 0) is 24.3 Å². The first kappa shape index (κ1) is 9.49. The Labute approximate surface area is 65.2 Å². The van der Waals surface area contributed by atoms with Crippen molar-refractivity contribution < 1.29 is 14.6 Å². The summed E-state index contributed by atoms with van der Waals surface area (Å²) in [6.45, 7) is 0.340. The molecule has 0 heterocycles. The number of carbonyl (C=O) groups excluding carboxylic acids is 1. The second-order valence-electron chi connectivity index (χ2n) is 1.71. The molecule has 0 bridgehead atoms. The average molecular weight is 154 g/mol. The molecule has 0 aliphatic heterocycles. The number of aromatic hydroxyl groups is 1. The molecule has 0 saturated carbocycles. The summed E-state index contributed by atoms with van der Waals surface area (Å²) < 4.78 is 4.47. The number of phenols is 1. The second-order valence-corrected chi connectivity index (χ2v) is 1.71. The van der Waals surface area contributed by atoms with Gasteiger partial charge in [-0.3, -0.25) is 4.79 Å². The molecule has 1 aromatic rings. The molecule has 1 N–H and O–H groups in total. The Morgan fingerprint density at radius 1 is 1.27 bits per heavy atom. The number of benzene rings is 1. The predicted molar refractivity (Wildman–Crippen MR) is 41.5 cm³/mol. The highest BCUT2D eigenvalue weighted by Crippen LogP contribution is 2.14. The number of hydrogen-bond donors (Lipinski definition) is 1. The molecule has 0 amide bonds. The van der Waals surface area contributed by atoms with Crippen molar-refractivity contribution in [3.63, 3.8) is 0 Å². The Kier molecular flexibility index (Phi) is 3.73. The van der Waals surface area contributed by atoms with E-state index in [2.05, 4.69) is 4.74 Å². The van der Waals surface area contributed by atoms with Gasteiger partial charge in [-0.1, -0.05) is 7.43 Å². The number of carbonyl (C=O) groups is 1. The second kappa shape index (κ2) is 4.33. The zero-order chi connectivity index (χ0) is 7.40. The molecule has 60 valence electrons. The third-order valence-corrected chi connectivity index (χ3v) is 1.02. The molecule has 0 radical (unpaired) electrons. The van der Waals surface area contributed by atoms with Crippen LogP contribution in [0.2, 0.25) is 0 Å². The van der Waals surface area contributed by atoms with E-state index >= 15 is 0 Å². The monoisotopic (exact) mass is 154 g/mol. The van der Waals surface area contributed by atoms with Gasteiger partial charge in [0, 0.05) is 0 Å². The number of rotatable bonds is 2. The number of ether oxygens (including phenoxy) is 1. The standard InChI is InChI=1S/C7H6O3.CH4/c8-5-10-7-3-1-6(9)2-4-7;/h1-5,9H;1H4. The lowest BCUT2D eigenvalue weighted by Gasteiger charge is -1.95. The summed E-state index contributed by atoms with van der Waals surface area (Å²) in [6.07, 6.45) is 0. The molecule has 0 spiro atoms. The molecular weight excluding hydrogens is 144 g/mol. The molecule has 0 saturated heterocycles. The van der Waals surface area contributed by atoms with E-state index in [4.69, 9.17) is 5.11 Å². The van der Waals surface area contributed by atoms with Crippen LogP contribution in [0.25, 0.3) is 0 Å². The Morgan fingerprint density at radius 2 is 1.82 bits per heavy atom. The van der Waals surface area contributed by atoms with Gasteiger partial charge >= 0.3 is 0 Å². The summed E-state index contributed by atoms with van der Waals surface area (Å²) in [5.74, 6) is 0.575.